The molecule has 0 aromatic heterocycles. The van der Waals surface area contributed by atoms with E-state index < -0.39 is 0 Å². The zero-order valence-corrected chi connectivity index (χ0v) is 32.9. The van der Waals surface area contributed by atoms with Crippen LogP contribution in [0.25, 0.3) is 120 Å². The molecule has 0 heteroatoms. The van der Waals surface area contributed by atoms with Crippen molar-refractivity contribution in [1.29, 1.82) is 0 Å². The van der Waals surface area contributed by atoms with E-state index in [1.807, 2.05) is 0 Å². The Bertz CT molecular complexity index is 3650. The summed E-state index contributed by atoms with van der Waals surface area (Å²) in [6, 6.07) is 85.5. The molecule has 0 saturated heterocycles. The van der Waals surface area contributed by atoms with E-state index in [4.69, 9.17) is 0 Å². The monoisotopic (exact) mass is 758 g/mol. The number of hydrogen-bond acceptors (Lipinski definition) is 0. The van der Waals surface area contributed by atoms with Crippen LogP contribution < -0.4 is 0 Å². The van der Waals surface area contributed by atoms with E-state index in [1.165, 1.54) is 120 Å². The van der Waals surface area contributed by atoms with E-state index in [0.717, 1.165) is 0 Å². The quantitative estimate of drug-likeness (QED) is 0.153. The molecule has 12 rings (SSSR count). The molecule has 12 aromatic rings. The molecule has 0 unspecified atom stereocenters. The van der Waals surface area contributed by atoms with E-state index in [0.29, 0.717) is 0 Å². The second kappa shape index (κ2) is 13.9. The molecule has 0 radical (unpaired) electrons. The highest BCUT2D eigenvalue weighted by atomic mass is 14.2. The summed E-state index contributed by atoms with van der Waals surface area (Å²) in [6.45, 7) is 0. The van der Waals surface area contributed by atoms with Crippen molar-refractivity contribution in [3.8, 4) is 55.6 Å². The fourth-order valence-electron chi connectivity index (χ4n) is 9.73. The fraction of sp³-hybridized carbons (Fsp3) is 0. The van der Waals surface area contributed by atoms with E-state index >= 15 is 0 Å². The predicted molar refractivity (Wildman–Crippen MR) is 259 cm³/mol. The van der Waals surface area contributed by atoms with Crippen LogP contribution in [0.15, 0.2) is 231 Å². The van der Waals surface area contributed by atoms with Crippen LogP contribution in [0.4, 0.5) is 0 Å². The highest BCUT2D eigenvalue weighted by Gasteiger charge is 2.20. The van der Waals surface area contributed by atoms with Gasteiger partial charge in [-0.05, 0) is 157 Å². The molecule has 0 heterocycles. The average Bonchev–Trinajstić information content (AvgIpc) is 3.32. The first-order valence-electron chi connectivity index (χ1n) is 20.8. The van der Waals surface area contributed by atoms with Crippen LogP contribution in [0.2, 0.25) is 0 Å². The van der Waals surface area contributed by atoms with E-state index in [2.05, 4.69) is 231 Å². The van der Waals surface area contributed by atoms with Crippen molar-refractivity contribution in [2.24, 2.45) is 0 Å². The van der Waals surface area contributed by atoms with Gasteiger partial charge in [0.05, 0.1) is 0 Å². The highest BCUT2D eigenvalue weighted by molar-refractivity contribution is 6.23. The van der Waals surface area contributed by atoms with Gasteiger partial charge in [0.1, 0.15) is 0 Å². The first-order chi connectivity index (χ1) is 29.7. The Hall–Kier alpha value is -7.80. The molecule has 0 aliphatic heterocycles. The van der Waals surface area contributed by atoms with Crippen molar-refractivity contribution in [3.63, 3.8) is 0 Å². The SMILES string of the molecule is c1ccc2cc(-c3cc(-c4cccc5ccccc45)cc(-c4c5ccccc5c(-c5ccc6ccccc6c5)c5ccc(-c6cccc7ccccc67)cc45)c3)ccc2c1. The molecule has 278 valence electrons. The minimum absolute atomic E-state index is 1.20. The zero-order chi connectivity index (χ0) is 39.6. The van der Waals surface area contributed by atoms with Gasteiger partial charge in [0.15, 0.2) is 0 Å². The third kappa shape index (κ3) is 5.69. The Morgan fingerprint density at radius 1 is 0.167 bits per heavy atom. The molecule has 0 spiro atoms. The number of benzene rings is 12. The number of hydrogen-bond donors (Lipinski definition) is 0. The first-order valence-corrected chi connectivity index (χ1v) is 20.8. The van der Waals surface area contributed by atoms with Crippen molar-refractivity contribution >= 4 is 64.6 Å². The van der Waals surface area contributed by atoms with Crippen LogP contribution in [0, 0.1) is 0 Å². The van der Waals surface area contributed by atoms with Gasteiger partial charge in [-0.1, -0.05) is 194 Å². The normalized spacial score (nSPS) is 11.7. The van der Waals surface area contributed by atoms with Gasteiger partial charge in [0, 0.05) is 0 Å². The summed E-state index contributed by atoms with van der Waals surface area (Å²) in [5, 5.41) is 14.9. The molecule has 0 atom stereocenters. The van der Waals surface area contributed by atoms with Gasteiger partial charge in [-0.3, -0.25) is 0 Å². The van der Waals surface area contributed by atoms with Gasteiger partial charge >= 0.3 is 0 Å². The largest absolute Gasteiger partial charge is 0.0616 e. The predicted octanol–water partition coefficient (Wildman–Crippen LogP) is 16.9. The maximum absolute atomic E-state index is 2.46. The van der Waals surface area contributed by atoms with Gasteiger partial charge in [0.25, 0.3) is 0 Å². The fourth-order valence-corrected chi connectivity index (χ4v) is 9.73. The van der Waals surface area contributed by atoms with E-state index in [9.17, 15) is 0 Å². The lowest BCUT2D eigenvalue weighted by atomic mass is 9.83. The van der Waals surface area contributed by atoms with Crippen LogP contribution in [-0.2, 0) is 0 Å². The third-order valence-electron chi connectivity index (χ3n) is 12.6. The van der Waals surface area contributed by atoms with Gasteiger partial charge < -0.3 is 0 Å². The highest BCUT2D eigenvalue weighted by Crippen LogP contribution is 2.47. The molecule has 0 aliphatic carbocycles. The van der Waals surface area contributed by atoms with Crippen molar-refractivity contribution in [2.75, 3.05) is 0 Å². The Morgan fingerprint density at radius 2 is 0.583 bits per heavy atom. The summed E-state index contributed by atoms with van der Waals surface area (Å²) >= 11 is 0. The number of fused-ring (bicyclic) bond motifs is 6. The maximum Gasteiger partial charge on any atom is -0.00257 e. The van der Waals surface area contributed by atoms with Gasteiger partial charge in [-0.15, -0.1) is 0 Å². The summed E-state index contributed by atoms with van der Waals surface area (Å²) in [5.41, 5.74) is 12.2. The van der Waals surface area contributed by atoms with Crippen molar-refractivity contribution < 1.29 is 0 Å². The lowest BCUT2D eigenvalue weighted by Crippen LogP contribution is -1.93. The van der Waals surface area contributed by atoms with Crippen molar-refractivity contribution in [3.05, 3.63) is 231 Å². The molecular weight excluding hydrogens is 721 g/mol. The minimum atomic E-state index is 1.20. The van der Waals surface area contributed by atoms with Crippen molar-refractivity contribution in [1.82, 2.24) is 0 Å². The Labute approximate surface area is 349 Å². The van der Waals surface area contributed by atoms with Crippen LogP contribution in [0.3, 0.4) is 0 Å². The second-order valence-electron chi connectivity index (χ2n) is 16.0. The summed E-state index contributed by atoms with van der Waals surface area (Å²) in [5.74, 6) is 0. The molecule has 0 bridgehead atoms. The number of rotatable bonds is 5. The first kappa shape index (κ1) is 34.3. The standard InChI is InChI=1S/C60H38/c1-3-17-43-33-45(29-27-39(43)13-1)48-35-49(54-26-12-20-42-16-6-8-22-52(42)54)37-50(36-48)60-56-24-10-9-23-55(56)59(47-30-28-40-14-2-4-18-44(40)34-47)57-32-31-46(38-58(57)60)53-25-11-19-41-15-5-7-21-51(41)53/h1-38H. The summed E-state index contributed by atoms with van der Waals surface area (Å²) < 4.78 is 0. The van der Waals surface area contributed by atoms with E-state index in [-0.39, 0.29) is 0 Å². The molecular formula is C60H38. The molecule has 0 amide bonds. The Kier molecular flexibility index (Phi) is 7.96. The molecule has 0 fully saturated rings. The van der Waals surface area contributed by atoms with Gasteiger partial charge in [-0.2, -0.15) is 0 Å². The zero-order valence-electron chi connectivity index (χ0n) is 32.9. The maximum atomic E-state index is 2.46. The van der Waals surface area contributed by atoms with Crippen LogP contribution in [-0.4, -0.2) is 0 Å². The Balaban J connectivity index is 1.21. The van der Waals surface area contributed by atoms with Crippen LogP contribution in [0.1, 0.15) is 0 Å². The van der Waals surface area contributed by atoms with Gasteiger partial charge in [-0.25, -0.2) is 0 Å². The summed E-state index contributed by atoms with van der Waals surface area (Å²) in [4.78, 5) is 0. The lowest BCUT2D eigenvalue weighted by molar-refractivity contribution is 1.60. The topological polar surface area (TPSA) is 0 Å². The summed E-state index contributed by atoms with van der Waals surface area (Å²) in [7, 11) is 0. The molecule has 0 nitrogen and oxygen atoms in total. The smallest absolute Gasteiger partial charge is 0.00257 e. The minimum Gasteiger partial charge on any atom is -0.0616 e. The summed E-state index contributed by atoms with van der Waals surface area (Å²) in [6.07, 6.45) is 0. The molecule has 12 aromatic carbocycles. The van der Waals surface area contributed by atoms with Crippen molar-refractivity contribution in [2.45, 2.75) is 0 Å². The molecule has 0 saturated carbocycles. The van der Waals surface area contributed by atoms with E-state index in [1.54, 1.807) is 0 Å². The van der Waals surface area contributed by atoms with Crippen LogP contribution >= 0.6 is 0 Å². The second-order valence-corrected chi connectivity index (χ2v) is 16.0. The Morgan fingerprint density at radius 3 is 1.22 bits per heavy atom. The molecule has 60 heavy (non-hydrogen) atoms. The molecule has 0 N–H and O–H groups in total. The third-order valence-corrected chi connectivity index (χ3v) is 12.6. The van der Waals surface area contributed by atoms with Crippen LogP contribution in [0.5, 0.6) is 0 Å². The average molecular weight is 759 g/mol. The van der Waals surface area contributed by atoms with Gasteiger partial charge in [0.2, 0.25) is 0 Å². The molecule has 0 aliphatic rings. The lowest BCUT2D eigenvalue weighted by Gasteiger charge is -2.21.